The van der Waals surface area contributed by atoms with Crippen molar-refractivity contribution in [3.63, 3.8) is 0 Å². The molecule has 0 bridgehead atoms. The first-order chi connectivity index (χ1) is 27.5. The largest absolute Gasteiger partial charge is 0.378 e. The van der Waals surface area contributed by atoms with Gasteiger partial charge in [-0.3, -0.25) is 4.79 Å². The predicted octanol–water partition coefficient (Wildman–Crippen LogP) is 8.26. The Kier molecular flexibility index (Phi) is 14.1. The Morgan fingerprint density at radius 2 is 1.67 bits per heavy atom. The van der Waals surface area contributed by atoms with Gasteiger partial charge in [0.15, 0.2) is 7.11 Å². The summed E-state index contributed by atoms with van der Waals surface area (Å²) in [5.74, 6) is -0.0751. The van der Waals surface area contributed by atoms with E-state index in [0.29, 0.717) is 11.4 Å². The number of thiophene rings is 1. The van der Waals surface area contributed by atoms with Crippen molar-refractivity contribution in [3.05, 3.63) is 131 Å². The molecule has 4 aromatic carbocycles. The maximum atomic E-state index is 13.5. The summed E-state index contributed by atoms with van der Waals surface area (Å²) in [6.45, 7) is 2.33. The van der Waals surface area contributed by atoms with E-state index in [1.54, 1.807) is 42.3 Å². The first-order valence-electron chi connectivity index (χ1n) is 18.8. The van der Waals surface area contributed by atoms with E-state index < -0.39 is 15.9 Å². The van der Waals surface area contributed by atoms with E-state index >= 15 is 0 Å². The zero-order valence-electron chi connectivity index (χ0n) is 32.7. The molecule has 1 aliphatic heterocycles. The molecule has 1 aliphatic rings. The van der Waals surface area contributed by atoms with Gasteiger partial charge in [-0.15, -0.1) is 23.1 Å². The Morgan fingerprint density at radius 3 is 2.33 bits per heavy atom. The lowest BCUT2D eigenvalue weighted by molar-refractivity contribution is -0.736. The van der Waals surface area contributed by atoms with E-state index in [4.69, 9.17) is 9.57 Å². The number of hydrogen-bond acceptors (Lipinski definition) is 11. The van der Waals surface area contributed by atoms with E-state index in [0.717, 1.165) is 55.9 Å². The van der Waals surface area contributed by atoms with Crippen molar-refractivity contribution in [3.8, 4) is 10.4 Å². The molecular formula is C43H50N5O6S3+. The van der Waals surface area contributed by atoms with E-state index in [-0.39, 0.29) is 32.7 Å². The molecule has 5 aromatic rings. The number of anilines is 2. The van der Waals surface area contributed by atoms with Gasteiger partial charge in [-0.2, -0.15) is 0 Å². The molecule has 14 heteroatoms. The normalized spacial score (nSPS) is 14.6. The van der Waals surface area contributed by atoms with Crippen LogP contribution in [0, 0.1) is 4.91 Å². The van der Waals surface area contributed by atoms with Crippen molar-refractivity contribution in [1.29, 1.82) is 0 Å². The van der Waals surface area contributed by atoms with Gasteiger partial charge < -0.3 is 19.9 Å². The molecule has 1 fully saturated rings. The summed E-state index contributed by atoms with van der Waals surface area (Å²) in [5, 5.41) is 5.53. The number of thioether (sulfide) groups is 1. The fourth-order valence-electron chi connectivity index (χ4n) is 6.98. The van der Waals surface area contributed by atoms with Crippen LogP contribution in [-0.4, -0.2) is 89.5 Å². The molecule has 0 saturated carbocycles. The van der Waals surface area contributed by atoms with Crippen LogP contribution in [0.1, 0.15) is 35.2 Å². The quantitative estimate of drug-likeness (QED) is 0.0660. The number of carbonyl (C=O) groups excluding carboxylic acids is 1. The van der Waals surface area contributed by atoms with Crippen LogP contribution in [0.2, 0.25) is 0 Å². The SMILES string of the molecule is CO[N+](=O)c1cc(S(=O)(=O)NC(=O)c2ccc(N3CCC(Cc4ccccc4-c4cccs4)(OC)CC3)cc2)ccc1N[C@H](CCN(C)C)CSc1ccccc1. The van der Waals surface area contributed by atoms with E-state index in [1.807, 2.05) is 56.6 Å². The van der Waals surface area contributed by atoms with E-state index in [2.05, 4.69) is 61.6 Å². The summed E-state index contributed by atoms with van der Waals surface area (Å²) in [4.78, 5) is 37.9. The van der Waals surface area contributed by atoms with Crippen molar-refractivity contribution in [2.24, 2.45) is 0 Å². The minimum atomic E-state index is -4.36. The molecule has 0 spiro atoms. The third kappa shape index (κ3) is 10.8. The first kappa shape index (κ1) is 41.9. The second kappa shape index (κ2) is 19.1. The second-order valence-corrected chi connectivity index (χ2v) is 18.1. The van der Waals surface area contributed by atoms with Gasteiger partial charge in [-0.25, -0.2) is 18.0 Å². The summed E-state index contributed by atoms with van der Waals surface area (Å²) < 4.78 is 35.4. The number of carbonyl (C=O) groups is 1. The Bertz CT molecular complexity index is 2210. The minimum Gasteiger partial charge on any atom is -0.378 e. The number of piperidine rings is 1. The number of sulfonamides is 1. The zero-order chi connectivity index (χ0) is 40.4. The van der Waals surface area contributed by atoms with Crippen LogP contribution in [0.25, 0.3) is 10.4 Å². The predicted molar refractivity (Wildman–Crippen MR) is 230 cm³/mol. The number of nitrogens with zero attached hydrogens (tertiary/aromatic N) is 3. The zero-order valence-corrected chi connectivity index (χ0v) is 35.2. The van der Waals surface area contributed by atoms with Crippen molar-refractivity contribution < 1.29 is 27.7 Å². The number of rotatable bonds is 18. The second-order valence-electron chi connectivity index (χ2n) is 14.3. The molecule has 11 nitrogen and oxygen atoms in total. The smallest absolute Gasteiger partial charge is 0.340 e. The number of amides is 1. The average Bonchev–Trinajstić information content (AvgIpc) is 3.77. The van der Waals surface area contributed by atoms with Gasteiger partial charge >= 0.3 is 5.69 Å². The van der Waals surface area contributed by atoms with E-state index in [1.165, 1.54) is 41.3 Å². The molecule has 0 unspecified atom stereocenters. The molecule has 0 aliphatic carbocycles. The molecule has 0 radical (unpaired) electrons. The van der Waals surface area contributed by atoms with Gasteiger partial charge in [-0.1, -0.05) is 48.5 Å². The van der Waals surface area contributed by atoms with Crippen molar-refractivity contribution in [1.82, 2.24) is 9.62 Å². The van der Waals surface area contributed by atoms with Crippen molar-refractivity contribution >= 4 is 56.1 Å². The van der Waals surface area contributed by atoms with Gasteiger partial charge in [0.25, 0.3) is 20.9 Å². The minimum absolute atomic E-state index is 0.0255. The third-order valence-electron chi connectivity index (χ3n) is 10.3. The summed E-state index contributed by atoms with van der Waals surface area (Å²) in [7, 11) is 2.64. The Labute approximate surface area is 344 Å². The standard InChI is InChI=1S/C43H49N5O6S3/c1-46(2)25-22-34(31-56-36-12-6-5-7-13-36)44-39-21-20-37(29-40(39)48(50)54-4)57(51,52)45-42(49)32-16-18-35(19-17-32)47-26-23-43(53-3,24-27-47)30-33-11-8-9-14-38(33)41-15-10-28-55-41/h5-21,28-29,34H,22-27,30-31H2,1-4H3,(H-,44,45,49,50)/p+1/t34-/m1/s1. The molecule has 300 valence electrons. The van der Waals surface area contributed by atoms with Crippen LogP contribution in [0.15, 0.2) is 124 Å². The Morgan fingerprint density at radius 1 is 0.947 bits per heavy atom. The van der Waals surface area contributed by atoms with Crippen LogP contribution >= 0.6 is 23.1 Å². The fraction of sp³-hybridized carbons (Fsp3) is 0.326. The molecule has 2 N–H and O–H groups in total. The number of benzene rings is 4. The number of methoxy groups -OCH3 is 1. The molecule has 2 heterocycles. The first-order valence-corrected chi connectivity index (χ1v) is 22.2. The van der Waals surface area contributed by atoms with Crippen molar-refractivity contribution in [2.45, 2.75) is 47.1 Å². The molecule has 6 rings (SSSR count). The number of hydrogen-bond donors (Lipinski definition) is 2. The summed E-state index contributed by atoms with van der Waals surface area (Å²) >= 11 is 3.42. The summed E-state index contributed by atoms with van der Waals surface area (Å²) in [6.07, 6.45) is 3.23. The highest BCUT2D eigenvalue weighted by Crippen LogP contribution is 2.36. The van der Waals surface area contributed by atoms with Crippen LogP contribution in [0.4, 0.5) is 17.1 Å². The van der Waals surface area contributed by atoms with Gasteiger partial charge in [0.05, 0.1) is 15.4 Å². The molecule has 1 amide bonds. The highest BCUT2D eigenvalue weighted by atomic mass is 32.2. The maximum absolute atomic E-state index is 13.5. The number of nitrogens with one attached hydrogen (secondary N) is 2. The van der Waals surface area contributed by atoms with Crippen LogP contribution < -0.4 is 14.9 Å². The average molecular weight is 829 g/mol. The molecule has 1 atom stereocenters. The monoisotopic (exact) mass is 828 g/mol. The maximum Gasteiger partial charge on any atom is 0.340 e. The lowest BCUT2D eigenvalue weighted by Crippen LogP contribution is -2.47. The third-order valence-corrected chi connectivity index (χ3v) is 13.7. The van der Waals surface area contributed by atoms with Crippen LogP contribution in [0.5, 0.6) is 0 Å². The molecular weight excluding hydrogens is 779 g/mol. The molecule has 1 saturated heterocycles. The molecule has 57 heavy (non-hydrogen) atoms. The Hall–Kier alpha value is -4.73. The lowest BCUT2D eigenvalue weighted by atomic mass is 9.83. The van der Waals surface area contributed by atoms with E-state index in [9.17, 15) is 18.1 Å². The summed E-state index contributed by atoms with van der Waals surface area (Å²) in [6, 6.07) is 33.7. The fourth-order valence-corrected chi connectivity index (χ4v) is 9.75. The van der Waals surface area contributed by atoms with Crippen LogP contribution in [-0.2, 0) is 26.0 Å². The molecule has 1 aromatic heterocycles. The van der Waals surface area contributed by atoms with Gasteiger partial charge in [0.1, 0.15) is 5.69 Å². The topological polar surface area (TPSA) is 120 Å². The number of ether oxygens (including phenoxy) is 1. The Balaban J connectivity index is 1.10. The van der Waals surface area contributed by atoms with Crippen molar-refractivity contribution in [2.75, 3.05) is 63.9 Å². The van der Waals surface area contributed by atoms with Gasteiger partial charge in [0.2, 0.25) is 0 Å². The summed E-state index contributed by atoms with van der Waals surface area (Å²) in [5.41, 5.74) is 3.73. The lowest BCUT2D eigenvalue weighted by Gasteiger charge is -2.42. The van der Waals surface area contributed by atoms with Crippen LogP contribution in [0.3, 0.4) is 0 Å². The van der Waals surface area contributed by atoms with Gasteiger partial charge in [0, 0.05) is 65.5 Å². The highest BCUT2D eigenvalue weighted by Gasteiger charge is 2.36. The highest BCUT2D eigenvalue weighted by molar-refractivity contribution is 7.99. The van der Waals surface area contributed by atoms with Gasteiger partial charge in [-0.05, 0) is 111 Å².